The Kier molecular flexibility index (Phi) is 5.04. The van der Waals surface area contributed by atoms with Crippen molar-refractivity contribution in [3.8, 4) is 0 Å². The van der Waals surface area contributed by atoms with Crippen LogP contribution in [0.5, 0.6) is 0 Å². The Morgan fingerprint density at radius 3 is 3.00 bits per heavy atom. The Morgan fingerprint density at radius 2 is 2.47 bits per heavy atom. The van der Waals surface area contributed by atoms with Crippen molar-refractivity contribution < 1.29 is 4.74 Å². The molecule has 0 amide bonds. The smallest absolute Gasteiger partial charge is 0.0834 e. The van der Waals surface area contributed by atoms with E-state index in [0.717, 1.165) is 12.1 Å². The Bertz CT molecular complexity index is 298. The topological polar surface area (TPSA) is 65.1 Å². The van der Waals surface area contributed by atoms with Gasteiger partial charge in [0.1, 0.15) is 0 Å². The molecule has 0 saturated carbocycles. The Hall–Kier alpha value is -0.620. The number of rotatable bonds is 6. The fourth-order valence-corrected chi connectivity index (χ4v) is 1.74. The largest absolute Gasteiger partial charge is 0.383 e. The predicted molar refractivity (Wildman–Crippen MR) is 59.5 cm³/mol. The number of hydrogen-bond acceptors (Lipinski definition) is 4. The van der Waals surface area contributed by atoms with Gasteiger partial charge in [-0.25, -0.2) is 0 Å². The standard InChI is InChI=1S/C9H17ClN4O/c1-3-8(13-11)9-7(10)6-12-14(9)4-5-15-2/h6,8,13H,3-5,11H2,1-2H3. The molecule has 0 saturated heterocycles. The van der Waals surface area contributed by atoms with Crippen LogP contribution in [-0.4, -0.2) is 23.5 Å². The minimum Gasteiger partial charge on any atom is -0.383 e. The first kappa shape index (κ1) is 12.4. The lowest BCUT2D eigenvalue weighted by Crippen LogP contribution is -2.30. The van der Waals surface area contributed by atoms with E-state index in [2.05, 4.69) is 10.5 Å². The van der Waals surface area contributed by atoms with Gasteiger partial charge in [-0.05, 0) is 6.42 Å². The summed E-state index contributed by atoms with van der Waals surface area (Å²) >= 11 is 6.06. The monoisotopic (exact) mass is 232 g/mol. The lowest BCUT2D eigenvalue weighted by molar-refractivity contribution is 0.181. The summed E-state index contributed by atoms with van der Waals surface area (Å²) in [6, 6.07) is 0.0249. The first-order valence-corrected chi connectivity index (χ1v) is 5.28. The summed E-state index contributed by atoms with van der Waals surface area (Å²) in [6.07, 6.45) is 2.49. The zero-order chi connectivity index (χ0) is 11.3. The van der Waals surface area contributed by atoms with Crippen molar-refractivity contribution in [2.45, 2.75) is 25.9 Å². The third kappa shape index (κ3) is 2.92. The van der Waals surface area contributed by atoms with Crippen LogP contribution in [0.1, 0.15) is 25.1 Å². The number of hydrazine groups is 1. The van der Waals surface area contributed by atoms with E-state index in [1.165, 1.54) is 0 Å². The second kappa shape index (κ2) is 6.07. The highest BCUT2D eigenvalue weighted by Crippen LogP contribution is 2.24. The van der Waals surface area contributed by atoms with Crippen LogP contribution in [-0.2, 0) is 11.3 Å². The van der Waals surface area contributed by atoms with Gasteiger partial charge in [0.05, 0.1) is 36.1 Å². The molecule has 0 bridgehead atoms. The van der Waals surface area contributed by atoms with E-state index in [4.69, 9.17) is 22.2 Å². The van der Waals surface area contributed by atoms with E-state index in [1.54, 1.807) is 13.3 Å². The molecule has 0 aliphatic rings. The maximum Gasteiger partial charge on any atom is 0.0834 e. The van der Waals surface area contributed by atoms with E-state index in [-0.39, 0.29) is 6.04 Å². The maximum atomic E-state index is 6.06. The molecule has 1 heterocycles. The molecule has 0 aromatic carbocycles. The molecule has 6 heteroatoms. The quantitative estimate of drug-likeness (QED) is 0.570. The summed E-state index contributed by atoms with van der Waals surface area (Å²) in [6.45, 7) is 3.32. The van der Waals surface area contributed by atoms with Crippen molar-refractivity contribution in [1.82, 2.24) is 15.2 Å². The van der Waals surface area contributed by atoms with Gasteiger partial charge in [0.2, 0.25) is 0 Å². The fourth-order valence-electron chi connectivity index (χ4n) is 1.46. The van der Waals surface area contributed by atoms with Gasteiger partial charge in [0.25, 0.3) is 0 Å². The average molecular weight is 233 g/mol. The van der Waals surface area contributed by atoms with Gasteiger partial charge in [0.15, 0.2) is 0 Å². The average Bonchev–Trinajstić information content (AvgIpc) is 2.60. The van der Waals surface area contributed by atoms with E-state index < -0.39 is 0 Å². The van der Waals surface area contributed by atoms with E-state index in [0.29, 0.717) is 18.2 Å². The fraction of sp³-hybridized carbons (Fsp3) is 0.667. The first-order valence-electron chi connectivity index (χ1n) is 4.90. The molecule has 1 aromatic rings. The summed E-state index contributed by atoms with van der Waals surface area (Å²) < 4.78 is 6.82. The van der Waals surface area contributed by atoms with Crippen LogP contribution in [0.15, 0.2) is 6.20 Å². The highest BCUT2D eigenvalue weighted by Gasteiger charge is 2.17. The third-order valence-electron chi connectivity index (χ3n) is 2.28. The number of nitrogens with zero attached hydrogens (tertiary/aromatic N) is 2. The number of nitrogens with two attached hydrogens (primary N) is 1. The maximum absolute atomic E-state index is 6.06. The molecule has 0 aliphatic carbocycles. The van der Waals surface area contributed by atoms with Gasteiger partial charge < -0.3 is 4.74 Å². The van der Waals surface area contributed by atoms with E-state index >= 15 is 0 Å². The molecule has 0 fully saturated rings. The van der Waals surface area contributed by atoms with E-state index in [9.17, 15) is 0 Å². The van der Waals surface area contributed by atoms with Gasteiger partial charge in [0, 0.05) is 7.11 Å². The molecule has 1 aromatic heterocycles. The molecule has 0 spiro atoms. The lowest BCUT2D eigenvalue weighted by atomic mass is 10.1. The molecule has 1 atom stereocenters. The highest BCUT2D eigenvalue weighted by molar-refractivity contribution is 6.31. The predicted octanol–water partition coefficient (Wildman–Crippen LogP) is 1.10. The zero-order valence-electron chi connectivity index (χ0n) is 9.03. The third-order valence-corrected chi connectivity index (χ3v) is 2.57. The van der Waals surface area contributed by atoms with Gasteiger partial charge in [-0.3, -0.25) is 16.0 Å². The molecule has 1 unspecified atom stereocenters. The molecule has 86 valence electrons. The van der Waals surface area contributed by atoms with E-state index in [1.807, 2.05) is 11.6 Å². The molecule has 0 aliphatic heterocycles. The van der Waals surface area contributed by atoms with Gasteiger partial charge in [-0.15, -0.1) is 0 Å². The summed E-state index contributed by atoms with van der Waals surface area (Å²) in [5.41, 5.74) is 3.64. The number of nitrogens with one attached hydrogen (secondary N) is 1. The van der Waals surface area contributed by atoms with Crippen LogP contribution >= 0.6 is 11.6 Å². The van der Waals surface area contributed by atoms with Crippen LogP contribution in [0.3, 0.4) is 0 Å². The van der Waals surface area contributed by atoms with Gasteiger partial charge in [-0.1, -0.05) is 18.5 Å². The summed E-state index contributed by atoms with van der Waals surface area (Å²) in [5, 5.41) is 4.81. The molecule has 3 N–H and O–H groups in total. The summed E-state index contributed by atoms with van der Waals surface area (Å²) in [7, 11) is 1.66. The van der Waals surface area contributed by atoms with Crippen molar-refractivity contribution in [3.63, 3.8) is 0 Å². The van der Waals surface area contributed by atoms with Gasteiger partial charge in [-0.2, -0.15) is 5.10 Å². The van der Waals surface area contributed by atoms with Crippen LogP contribution in [0.2, 0.25) is 5.02 Å². The molecule has 5 nitrogen and oxygen atoms in total. The number of ether oxygens (including phenoxy) is 1. The number of hydrogen-bond donors (Lipinski definition) is 2. The minimum atomic E-state index is 0.0249. The van der Waals surface area contributed by atoms with Crippen LogP contribution < -0.4 is 11.3 Å². The second-order valence-corrected chi connectivity index (χ2v) is 3.63. The molecular weight excluding hydrogens is 216 g/mol. The lowest BCUT2D eigenvalue weighted by Gasteiger charge is -2.16. The first-order chi connectivity index (χ1) is 7.24. The number of methoxy groups -OCH3 is 1. The van der Waals surface area contributed by atoms with Crippen molar-refractivity contribution in [2.75, 3.05) is 13.7 Å². The normalized spacial score (nSPS) is 13.1. The summed E-state index contributed by atoms with van der Waals surface area (Å²) in [4.78, 5) is 0. The molecule has 0 radical (unpaired) electrons. The summed E-state index contributed by atoms with van der Waals surface area (Å²) in [5.74, 6) is 5.46. The molecule has 15 heavy (non-hydrogen) atoms. The number of halogens is 1. The Labute approximate surface area is 94.5 Å². The van der Waals surface area contributed by atoms with Crippen LogP contribution in [0, 0.1) is 0 Å². The highest BCUT2D eigenvalue weighted by atomic mass is 35.5. The van der Waals surface area contributed by atoms with Crippen molar-refractivity contribution >= 4 is 11.6 Å². The Balaban J connectivity index is 2.87. The minimum absolute atomic E-state index is 0.0249. The van der Waals surface area contributed by atoms with Crippen LogP contribution in [0.25, 0.3) is 0 Å². The van der Waals surface area contributed by atoms with Crippen molar-refractivity contribution in [2.24, 2.45) is 5.84 Å². The number of aromatic nitrogens is 2. The second-order valence-electron chi connectivity index (χ2n) is 3.22. The van der Waals surface area contributed by atoms with Crippen molar-refractivity contribution in [1.29, 1.82) is 0 Å². The molecular formula is C9H17ClN4O. The SMILES string of the molecule is CCC(NN)c1c(Cl)cnn1CCOC. The zero-order valence-corrected chi connectivity index (χ0v) is 9.79. The Morgan fingerprint density at radius 1 is 1.73 bits per heavy atom. The molecule has 1 rings (SSSR count). The van der Waals surface area contributed by atoms with Crippen LogP contribution in [0.4, 0.5) is 0 Å². The van der Waals surface area contributed by atoms with Crippen molar-refractivity contribution in [3.05, 3.63) is 16.9 Å². The van der Waals surface area contributed by atoms with Gasteiger partial charge >= 0.3 is 0 Å².